The van der Waals surface area contributed by atoms with Crippen molar-refractivity contribution in [2.75, 3.05) is 12.5 Å². The number of aryl methyl sites for hydroxylation is 1. The van der Waals surface area contributed by atoms with Crippen LogP contribution in [-0.2, 0) is 6.18 Å². The van der Waals surface area contributed by atoms with Crippen LogP contribution in [-0.4, -0.2) is 7.11 Å². The minimum Gasteiger partial charge on any atom is -0.495 e. The number of ether oxygens (including phenoxy) is 1. The quantitative estimate of drug-likeness (QED) is 0.594. The third-order valence-corrected chi connectivity index (χ3v) is 1.99. The number of benzene rings is 1. The molecule has 15 heavy (non-hydrogen) atoms. The van der Waals surface area contributed by atoms with Crippen LogP contribution in [0, 0.1) is 6.92 Å². The van der Waals surface area contributed by atoms with Gasteiger partial charge in [-0.1, -0.05) is 0 Å². The first-order valence-corrected chi connectivity index (χ1v) is 4.12. The van der Waals surface area contributed by atoms with E-state index >= 15 is 0 Å². The molecule has 0 saturated carbocycles. The Balaban J connectivity index is 3.32. The van der Waals surface area contributed by atoms with Crippen molar-refractivity contribution >= 4 is 5.69 Å². The maximum Gasteiger partial charge on any atom is 0.416 e. The van der Waals surface area contributed by atoms with Gasteiger partial charge in [0.15, 0.2) is 0 Å². The number of alkyl halides is 3. The number of hydrazine groups is 1. The van der Waals surface area contributed by atoms with Gasteiger partial charge in [0.2, 0.25) is 0 Å². The molecule has 0 heterocycles. The molecular formula is C9H11F3N2O. The Morgan fingerprint density at radius 2 is 1.93 bits per heavy atom. The van der Waals surface area contributed by atoms with Crippen molar-refractivity contribution in [1.29, 1.82) is 0 Å². The average molecular weight is 220 g/mol. The topological polar surface area (TPSA) is 47.3 Å². The molecule has 0 bridgehead atoms. The molecule has 0 aliphatic heterocycles. The highest BCUT2D eigenvalue weighted by Gasteiger charge is 2.32. The number of nitrogens with one attached hydrogen (secondary N) is 1. The van der Waals surface area contributed by atoms with E-state index in [2.05, 4.69) is 5.43 Å². The fourth-order valence-electron chi connectivity index (χ4n) is 1.26. The van der Waals surface area contributed by atoms with E-state index in [-0.39, 0.29) is 5.75 Å². The Bertz CT molecular complexity index is 363. The SMILES string of the molecule is COc1cc(C(F)(F)F)cc(C)c1NN. The first kappa shape index (κ1) is 11.6. The van der Waals surface area contributed by atoms with E-state index in [1.54, 1.807) is 0 Å². The molecule has 1 aromatic rings. The van der Waals surface area contributed by atoms with Crippen LogP contribution in [0.5, 0.6) is 5.75 Å². The van der Waals surface area contributed by atoms with Gasteiger partial charge >= 0.3 is 6.18 Å². The lowest BCUT2D eigenvalue weighted by molar-refractivity contribution is -0.137. The highest BCUT2D eigenvalue weighted by Crippen LogP contribution is 2.36. The summed E-state index contributed by atoms with van der Waals surface area (Å²) < 4.78 is 42.0. The van der Waals surface area contributed by atoms with Gasteiger partial charge in [0.05, 0.1) is 18.4 Å². The van der Waals surface area contributed by atoms with Crippen molar-refractivity contribution in [3.63, 3.8) is 0 Å². The molecule has 1 aromatic carbocycles. The van der Waals surface area contributed by atoms with Crippen molar-refractivity contribution in [3.05, 3.63) is 23.3 Å². The molecule has 3 nitrogen and oxygen atoms in total. The van der Waals surface area contributed by atoms with Gasteiger partial charge in [-0.3, -0.25) is 5.84 Å². The Morgan fingerprint density at radius 1 is 1.33 bits per heavy atom. The highest BCUT2D eigenvalue weighted by molar-refractivity contribution is 5.62. The number of anilines is 1. The molecule has 0 saturated heterocycles. The van der Waals surface area contributed by atoms with Crippen LogP contribution < -0.4 is 16.0 Å². The zero-order chi connectivity index (χ0) is 11.6. The fourth-order valence-corrected chi connectivity index (χ4v) is 1.26. The molecule has 84 valence electrons. The lowest BCUT2D eigenvalue weighted by Crippen LogP contribution is -2.12. The van der Waals surface area contributed by atoms with Crippen LogP contribution in [0.3, 0.4) is 0 Å². The molecule has 3 N–H and O–H groups in total. The van der Waals surface area contributed by atoms with Gasteiger partial charge in [0.25, 0.3) is 0 Å². The van der Waals surface area contributed by atoms with Gasteiger partial charge in [0.1, 0.15) is 5.75 Å². The first-order valence-electron chi connectivity index (χ1n) is 4.12. The van der Waals surface area contributed by atoms with E-state index in [1.807, 2.05) is 0 Å². The van der Waals surface area contributed by atoms with E-state index in [9.17, 15) is 13.2 Å². The smallest absolute Gasteiger partial charge is 0.416 e. The second-order valence-corrected chi connectivity index (χ2v) is 3.01. The average Bonchev–Trinajstić information content (AvgIpc) is 2.15. The minimum atomic E-state index is -4.38. The monoisotopic (exact) mass is 220 g/mol. The predicted octanol–water partition coefficient (Wildman–Crippen LogP) is 2.31. The van der Waals surface area contributed by atoms with Crippen LogP contribution in [0.1, 0.15) is 11.1 Å². The van der Waals surface area contributed by atoms with E-state index in [1.165, 1.54) is 14.0 Å². The maximum absolute atomic E-state index is 12.4. The molecular weight excluding hydrogens is 209 g/mol. The van der Waals surface area contributed by atoms with E-state index in [0.717, 1.165) is 12.1 Å². The molecule has 0 amide bonds. The molecule has 0 aliphatic carbocycles. The second kappa shape index (κ2) is 3.98. The number of nitrogens with two attached hydrogens (primary N) is 1. The van der Waals surface area contributed by atoms with Gasteiger partial charge in [-0.2, -0.15) is 13.2 Å². The molecule has 0 aromatic heterocycles. The molecule has 0 fully saturated rings. The Kier molecular flexibility index (Phi) is 3.09. The largest absolute Gasteiger partial charge is 0.495 e. The van der Waals surface area contributed by atoms with E-state index < -0.39 is 11.7 Å². The summed E-state index contributed by atoms with van der Waals surface area (Å²) in [6, 6.07) is 1.92. The second-order valence-electron chi connectivity index (χ2n) is 3.01. The number of methoxy groups -OCH3 is 1. The van der Waals surface area contributed by atoms with Gasteiger partial charge in [-0.05, 0) is 24.6 Å². The standard InChI is InChI=1S/C9H11F3N2O/c1-5-3-6(9(10,11)12)4-7(15-2)8(5)14-13/h3-4,14H,13H2,1-2H3. The van der Waals surface area contributed by atoms with Crippen molar-refractivity contribution in [2.45, 2.75) is 13.1 Å². The number of nitrogen functional groups attached to an aromatic ring is 1. The zero-order valence-electron chi connectivity index (χ0n) is 8.27. The van der Waals surface area contributed by atoms with Crippen molar-refractivity contribution in [2.24, 2.45) is 5.84 Å². The summed E-state index contributed by atoms with van der Waals surface area (Å²) in [6.45, 7) is 1.52. The van der Waals surface area contributed by atoms with Gasteiger partial charge < -0.3 is 10.2 Å². The summed E-state index contributed by atoms with van der Waals surface area (Å²) in [6.07, 6.45) is -4.38. The molecule has 0 radical (unpaired) electrons. The van der Waals surface area contributed by atoms with Crippen LogP contribution in [0.4, 0.5) is 18.9 Å². The maximum atomic E-state index is 12.4. The summed E-state index contributed by atoms with van der Waals surface area (Å²) in [5.74, 6) is 5.25. The van der Waals surface area contributed by atoms with Gasteiger partial charge in [-0.15, -0.1) is 0 Å². The summed E-state index contributed by atoms with van der Waals surface area (Å²) >= 11 is 0. The summed E-state index contributed by atoms with van der Waals surface area (Å²) in [5.41, 5.74) is 2.28. The summed E-state index contributed by atoms with van der Waals surface area (Å²) in [5, 5.41) is 0. The summed E-state index contributed by atoms with van der Waals surface area (Å²) in [7, 11) is 1.29. The van der Waals surface area contributed by atoms with E-state index in [0.29, 0.717) is 11.3 Å². The van der Waals surface area contributed by atoms with Gasteiger partial charge in [0, 0.05) is 0 Å². The third kappa shape index (κ3) is 2.33. The van der Waals surface area contributed by atoms with Crippen molar-refractivity contribution in [3.8, 4) is 5.75 Å². The van der Waals surface area contributed by atoms with Gasteiger partial charge in [-0.25, -0.2) is 0 Å². The molecule has 0 spiro atoms. The summed E-state index contributed by atoms with van der Waals surface area (Å²) in [4.78, 5) is 0. The third-order valence-electron chi connectivity index (χ3n) is 1.99. The molecule has 1 rings (SSSR count). The molecule has 0 unspecified atom stereocenters. The molecule has 6 heteroatoms. The van der Waals surface area contributed by atoms with Crippen LogP contribution in [0.15, 0.2) is 12.1 Å². The molecule has 0 aliphatic rings. The molecule has 0 atom stereocenters. The van der Waals surface area contributed by atoms with Crippen LogP contribution in [0.25, 0.3) is 0 Å². The number of rotatable bonds is 2. The van der Waals surface area contributed by atoms with Crippen LogP contribution in [0.2, 0.25) is 0 Å². The zero-order valence-corrected chi connectivity index (χ0v) is 8.27. The Hall–Kier alpha value is -1.43. The van der Waals surface area contributed by atoms with Crippen LogP contribution >= 0.6 is 0 Å². The highest BCUT2D eigenvalue weighted by atomic mass is 19.4. The van der Waals surface area contributed by atoms with E-state index in [4.69, 9.17) is 10.6 Å². The Morgan fingerprint density at radius 3 is 2.33 bits per heavy atom. The first-order chi connectivity index (χ1) is 6.90. The normalized spacial score (nSPS) is 11.3. The number of halogens is 3. The number of hydrogen-bond donors (Lipinski definition) is 2. The number of hydrogen-bond acceptors (Lipinski definition) is 3. The van der Waals surface area contributed by atoms with Crippen molar-refractivity contribution in [1.82, 2.24) is 0 Å². The lowest BCUT2D eigenvalue weighted by Gasteiger charge is -2.14. The lowest BCUT2D eigenvalue weighted by atomic mass is 10.1. The Labute approximate surface area is 85.0 Å². The van der Waals surface area contributed by atoms with Crippen molar-refractivity contribution < 1.29 is 17.9 Å². The predicted molar refractivity (Wildman–Crippen MR) is 50.5 cm³/mol. The fraction of sp³-hybridized carbons (Fsp3) is 0.333. The minimum absolute atomic E-state index is 0.0739.